The van der Waals surface area contributed by atoms with E-state index in [0.29, 0.717) is 12.3 Å². The van der Waals surface area contributed by atoms with Gasteiger partial charge in [-0.25, -0.2) is 4.85 Å². The summed E-state index contributed by atoms with van der Waals surface area (Å²) in [6.45, 7) is 18.1. The first-order valence-corrected chi connectivity index (χ1v) is 9.37. The molecule has 0 aliphatic rings. The van der Waals surface area contributed by atoms with Gasteiger partial charge in [-0.15, -0.1) is 0 Å². The van der Waals surface area contributed by atoms with Gasteiger partial charge in [0.05, 0.1) is 13.2 Å². The van der Waals surface area contributed by atoms with Crippen LogP contribution in [0.25, 0.3) is 4.85 Å². The fraction of sp³-hybridized carbons (Fsp3) is 0.533. The van der Waals surface area contributed by atoms with Crippen LogP contribution < -0.4 is 0 Å². The second-order valence-electron chi connectivity index (χ2n) is 6.29. The molecule has 0 aliphatic carbocycles. The molecule has 1 rings (SSSR count). The van der Waals surface area contributed by atoms with Crippen LogP contribution in [0.4, 0.5) is 5.69 Å². The third-order valence-corrected chi connectivity index (χ3v) is 8.32. The molecule has 1 aromatic rings. The lowest BCUT2D eigenvalue weighted by Gasteiger charge is -2.36. The van der Waals surface area contributed by atoms with Crippen LogP contribution in [0.2, 0.25) is 18.1 Å². The van der Waals surface area contributed by atoms with Crippen LogP contribution in [0.3, 0.4) is 0 Å². The van der Waals surface area contributed by atoms with E-state index >= 15 is 0 Å². The molecule has 0 fully saturated rings. The number of benzene rings is 1. The molecule has 0 radical (unpaired) electrons. The Balaban J connectivity index is 2.65. The van der Waals surface area contributed by atoms with Crippen molar-refractivity contribution in [2.45, 2.75) is 45.0 Å². The summed E-state index contributed by atoms with van der Waals surface area (Å²) >= 11 is 0. The van der Waals surface area contributed by atoms with Gasteiger partial charge in [-0.1, -0.05) is 45.0 Å². The molecular weight excluding hydrogens is 254 g/mol. The molecule has 0 aliphatic heterocycles. The molecule has 0 aromatic heterocycles. The molecule has 0 amide bonds. The number of rotatable bonds is 4. The Bertz CT molecular complexity index is 455. The smallest absolute Gasteiger partial charge is 0.192 e. The Morgan fingerprint density at radius 3 is 2.21 bits per heavy atom. The quantitative estimate of drug-likeness (QED) is 0.658. The Labute approximate surface area is 117 Å². The van der Waals surface area contributed by atoms with Crippen molar-refractivity contribution in [3.8, 4) is 0 Å². The molecule has 0 spiro atoms. The number of aliphatic hydroxyl groups excluding tert-OH is 1. The van der Waals surface area contributed by atoms with Gasteiger partial charge in [0.25, 0.3) is 0 Å². The van der Waals surface area contributed by atoms with E-state index in [1.807, 2.05) is 0 Å². The van der Waals surface area contributed by atoms with Gasteiger partial charge in [0.2, 0.25) is 0 Å². The van der Waals surface area contributed by atoms with E-state index in [4.69, 9.17) is 11.0 Å². The molecule has 0 saturated heterocycles. The largest absolute Gasteiger partial charge is 0.414 e. The highest BCUT2D eigenvalue weighted by molar-refractivity contribution is 6.74. The summed E-state index contributed by atoms with van der Waals surface area (Å²) in [5.41, 5.74) is 1.38. The summed E-state index contributed by atoms with van der Waals surface area (Å²) < 4.78 is 6.00. The third kappa shape index (κ3) is 4.17. The average Bonchev–Trinajstić information content (AvgIpc) is 2.35. The van der Waals surface area contributed by atoms with E-state index in [1.54, 1.807) is 24.3 Å². The highest BCUT2D eigenvalue weighted by atomic mass is 28.4. The minimum absolute atomic E-state index is 0.140. The summed E-state index contributed by atoms with van der Waals surface area (Å²) in [4.78, 5) is 3.33. The van der Waals surface area contributed by atoms with Crippen LogP contribution in [0.5, 0.6) is 0 Å². The maximum Gasteiger partial charge on any atom is 0.192 e. The summed E-state index contributed by atoms with van der Waals surface area (Å²) in [6, 6.07) is 7.01. The van der Waals surface area contributed by atoms with Crippen LogP contribution in [0.15, 0.2) is 24.3 Å². The van der Waals surface area contributed by atoms with E-state index in [1.165, 1.54) is 0 Å². The molecule has 1 N–H and O–H groups in total. The molecule has 0 saturated carbocycles. The van der Waals surface area contributed by atoms with Crippen LogP contribution in [-0.4, -0.2) is 20.0 Å². The van der Waals surface area contributed by atoms with Crippen LogP contribution in [0.1, 0.15) is 32.4 Å². The first-order chi connectivity index (χ1) is 8.67. The van der Waals surface area contributed by atoms with Crippen LogP contribution >= 0.6 is 0 Å². The van der Waals surface area contributed by atoms with E-state index in [9.17, 15) is 5.11 Å². The van der Waals surface area contributed by atoms with Crippen molar-refractivity contribution >= 4 is 14.0 Å². The monoisotopic (exact) mass is 277 g/mol. The molecule has 3 nitrogen and oxygen atoms in total. The zero-order chi connectivity index (χ0) is 14.7. The molecule has 0 unspecified atom stereocenters. The summed E-state index contributed by atoms with van der Waals surface area (Å²) in [6.07, 6.45) is -0.631. The van der Waals surface area contributed by atoms with Crippen LogP contribution in [-0.2, 0) is 4.43 Å². The second kappa shape index (κ2) is 5.87. The lowest BCUT2D eigenvalue weighted by atomic mass is 10.1. The highest BCUT2D eigenvalue weighted by Crippen LogP contribution is 2.37. The fourth-order valence-electron chi connectivity index (χ4n) is 1.37. The predicted molar refractivity (Wildman–Crippen MR) is 80.8 cm³/mol. The number of hydrogen-bond acceptors (Lipinski definition) is 2. The topological polar surface area (TPSA) is 33.8 Å². The van der Waals surface area contributed by atoms with Crippen molar-refractivity contribution in [3.63, 3.8) is 0 Å². The van der Waals surface area contributed by atoms with Gasteiger partial charge >= 0.3 is 0 Å². The molecule has 4 heteroatoms. The number of hydrogen-bond donors (Lipinski definition) is 1. The fourth-order valence-corrected chi connectivity index (χ4v) is 2.38. The Morgan fingerprint density at radius 1 is 1.26 bits per heavy atom. The van der Waals surface area contributed by atoms with E-state index < -0.39 is 14.4 Å². The van der Waals surface area contributed by atoms with Gasteiger partial charge in [0.1, 0.15) is 6.10 Å². The SMILES string of the molecule is [C-]#[N+]c1ccc([C@@H](O)CO[Si](C)(C)C(C)(C)C)cc1. The molecule has 19 heavy (non-hydrogen) atoms. The van der Waals surface area contributed by atoms with E-state index in [0.717, 1.165) is 5.56 Å². The molecule has 104 valence electrons. The molecule has 0 heterocycles. The molecule has 1 atom stereocenters. The van der Waals surface area contributed by atoms with Crippen molar-refractivity contribution < 1.29 is 9.53 Å². The van der Waals surface area contributed by atoms with Gasteiger partial charge in [-0.05, 0) is 23.7 Å². The Hall–Kier alpha value is -1.15. The normalized spacial score (nSPS) is 13.9. The highest BCUT2D eigenvalue weighted by Gasteiger charge is 2.37. The predicted octanol–water partition coefficient (Wildman–Crippen LogP) is 4.29. The van der Waals surface area contributed by atoms with Gasteiger partial charge < -0.3 is 9.53 Å². The van der Waals surface area contributed by atoms with Crippen molar-refractivity contribution in [1.29, 1.82) is 0 Å². The van der Waals surface area contributed by atoms with Crippen molar-refractivity contribution in [2.24, 2.45) is 0 Å². The van der Waals surface area contributed by atoms with Gasteiger partial charge in [0, 0.05) is 0 Å². The third-order valence-electron chi connectivity index (χ3n) is 3.82. The Morgan fingerprint density at radius 2 is 1.79 bits per heavy atom. The minimum atomic E-state index is -1.83. The minimum Gasteiger partial charge on any atom is -0.414 e. The van der Waals surface area contributed by atoms with Crippen molar-refractivity contribution in [3.05, 3.63) is 41.2 Å². The maximum absolute atomic E-state index is 10.1. The van der Waals surface area contributed by atoms with E-state index in [2.05, 4.69) is 38.7 Å². The van der Waals surface area contributed by atoms with Gasteiger partial charge in [-0.2, -0.15) is 0 Å². The van der Waals surface area contributed by atoms with Crippen molar-refractivity contribution in [1.82, 2.24) is 0 Å². The van der Waals surface area contributed by atoms with E-state index in [-0.39, 0.29) is 5.04 Å². The van der Waals surface area contributed by atoms with Gasteiger partial charge in [-0.3, -0.25) is 0 Å². The summed E-state index contributed by atoms with van der Waals surface area (Å²) in [5, 5.41) is 10.3. The molecule has 0 bridgehead atoms. The van der Waals surface area contributed by atoms with Crippen LogP contribution in [0, 0.1) is 6.57 Å². The standard InChI is InChI=1S/C15H23NO2Si/c1-15(2,3)19(5,6)18-11-14(17)12-7-9-13(16-4)10-8-12/h7-10,14,17H,11H2,1-3,5-6H3/t14-/m0/s1. The lowest BCUT2D eigenvalue weighted by Crippen LogP contribution is -2.41. The Kier molecular flexibility index (Phi) is 4.91. The summed E-state index contributed by atoms with van der Waals surface area (Å²) in [5.74, 6) is 0. The molecule has 1 aromatic carbocycles. The lowest BCUT2D eigenvalue weighted by molar-refractivity contribution is 0.100. The zero-order valence-corrected chi connectivity index (χ0v) is 13.4. The first-order valence-electron chi connectivity index (χ1n) is 6.47. The molecular formula is C15H23NO2Si. The maximum atomic E-state index is 10.1. The zero-order valence-electron chi connectivity index (χ0n) is 12.4. The number of nitrogens with zero attached hydrogens (tertiary/aromatic N) is 1. The second-order valence-corrected chi connectivity index (χ2v) is 11.1. The number of aliphatic hydroxyl groups is 1. The average molecular weight is 277 g/mol. The van der Waals surface area contributed by atoms with Gasteiger partial charge in [0.15, 0.2) is 14.0 Å². The van der Waals surface area contributed by atoms with Crippen molar-refractivity contribution in [2.75, 3.05) is 6.61 Å². The summed E-state index contributed by atoms with van der Waals surface area (Å²) in [7, 11) is -1.83. The first kappa shape index (κ1) is 15.9.